The Morgan fingerprint density at radius 3 is 1.88 bits per heavy atom. The molecule has 0 aliphatic heterocycles. The summed E-state index contributed by atoms with van der Waals surface area (Å²) in [6.45, 7) is 14.3. The Morgan fingerprint density at radius 1 is 1.06 bits per heavy atom. The Hall–Kier alpha value is -0.850. The molecule has 0 amide bonds. The maximum Gasteiger partial charge on any atom is 0.126 e. The van der Waals surface area contributed by atoms with Crippen LogP contribution in [-0.4, -0.2) is 0 Å². The van der Waals surface area contributed by atoms with Gasteiger partial charge in [0.2, 0.25) is 0 Å². The zero-order chi connectivity index (χ0) is 12.9. The normalized spacial score (nSPS) is 11.1. The fourth-order valence-corrected chi connectivity index (χ4v) is 1.46. The van der Waals surface area contributed by atoms with E-state index < -0.39 is 0 Å². The molecule has 0 aliphatic carbocycles. The quantitative estimate of drug-likeness (QED) is 0.609. The topological polar surface area (TPSA) is 0 Å². The molecule has 0 aromatic heterocycles. The maximum atomic E-state index is 13.6. The summed E-state index contributed by atoms with van der Waals surface area (Å²) in [6, 6.07) is 5.59. The van der Waals surface area contributed by atoms with Crippen LogP contribution < -0.4 is 0 Å². The summed E-state index contributed by atoms with van der Waals surface area (Å²) >= 11 is 0. The van der Waals surface area contributed by atoms with Crippen LogP contribution >= 0.6 is 0 Å². The van der Waals surface area contributed by atoms with Crippen molar-refractivity contribution in [3.63, 3.8) is 0 Å². The Labute approximate surface area is 99.9 Å². The van der Waals surface area contributed by atoms with Crippen molar-refractivity contribution in [2.45, 2.75) is 59.8 Å². The summed E-state index contributed by atoms with van der Waals surface area (Å²) in [5.74, 6) is 0.177. The van der Waals surface area contributed by atoms with Gasteiger partial charge in [0.25, 0.3) is 0 Å². The smallest absolute Gasteiger partial charge is 0.126 e. The first-order valence-electron chi connectivity index (χ1n) is 6.12. The Kier molecular flexibility index (Phi) is 5.71. The molecule has 0 nitrogen and oxygen atoms in total. The van der Waals surface area contributed by atoms with Crippen LogP contribution in [0.3, 0.4) is 0 Å². The van der Waals surface area contributed by atoms with E-state index in [4.69, 9.17) is 0 Å². The van der Waals surface area contributed by atoms with Crippen LogP contribution in [0.25, 0.3) is 0 Å². The van der Waals surface area contributed by atoms with E-state index in [-0.39, 0.29) is 17.2 Å². The van der Waals surface area contributed by atoms with E-state index in [1.807, 2.05) is 39.8 Å². The van der Waals surface area contributed by atoms with Gasteiger partial charge in [-0.25, -0.2) is 4.39 Å². The molecule has 0 saturated heterocycles. The van der Waals surface area contributed by atoms with Crippen molar-refractivity contribution in [1.82, 2.24) is 0 Å². The van der Waals surface area contributed by atoms with Gasteiger partial charge in [-0.15, -0.1) is 0 Å². The molecule has 0 saturated carbocycles. The van der Waals surface area contributed by atoms with Gasteiger partial charge < -0.3 is 0 Å². The molecule has 1 rings (SSSR count). The largest absolute Gasteiger partial charge is 0.207 e. The van der Waals surface area contributed by atoms with Crippen LogP contribution in [0.15, 0.2) is 18.2 Å². The monoisotopic (exact) mass is 224 g/mol. The minimum absolute atomic E-state index is 0.0242. The minimum Gasteiger partial charge on any atom is -0.207 e. The van der Waals surface area contributed by atoms with E-state index in [1.54, 1.807) is 6.07 Å². The standard InChI is InChI=1S/C13H19F.C2H6/c1-9(2)11-7-6-10(8-12(11)14)13(3,4)5;1-2/h6-9H,1-5H3;1-2H3. The summed E-state index contributed by atoms with van der Waals surface area (Å²) < 4.78 is 13.6. The average molecular weight is 224 g/mol. The Bertz CT molecular complexity index is 319. The van der Waals surface area contributed by atoms with Gasteiger partial charge in [0.05, 0.1) is 0 Å². The second-order valence-corrected chi connectivity index (χ2v) is 5.14. The molecular formula is C15H25F. The Morgan fingerprint density at radius 2 is 1.56 bits per heavy atom. The van der Waals surface area contributed by atoms with Crippen molar-refractivity contribution in [1.29, 1.82) is 0 Å². The fraction of sp³-hybridized carbons (Fsp3) is 0.600. The van der Waals surface area contributed by atoms with Crippen molar-refractivity contribution in [3.8, 4) is 0 Å². The number of rotatable bonds is 1. The van der Waals surface area contributed by atoms with Crippen LogP contribution in [0.1, 0.15) is 65.5 Å². The van der Waals surface area contributed by atoms with E-state index >= 15 is 0 Å². The predicted molar refractivity (Wildman–Crippen MR) is 70.5 cm³/mol. The molecular weight excluding hydrogens is 199 g/mol. The fourth-order valence-electron chi connectivity index (χ4n) is 1.46. The van der Waals surface area contributed by atoms with Gasteiger partial charge in [0.1, 0.15) is 5.82 Å². The first kappa shape index (κ1) is 15.2. The lowest BCUT2D eigenvalue weighted by atomic mass is 9.85. The van der Waals surface area contributed by atoms with E-state index in [9.17, 15) is 4.39 Å². The van der Waals surface area contributed by atoms with Gasteiger partial charge in [0, 0.05) is 0 Å². The molecule has 1 aromatic carbocycles. The van der Waals surface area contributed by atoms with Crippen molar-refractivity contribution in [3.05, 3.63) is 35.1 Å². The lowest BCUT2D eigenvalue weighted by Crippen LogP contribution is -2.11. The molecule has 0 N–H and O–H groups in total. The summed E-state index contributed by atoms with van der Waals surface area (Å²) in [5.41, 5.74) is 1.88. The summed E-state index contributed by atoms with van der Waals surface area (Å²) in [5, 5.41) is 0. The molecule has 0 heterocycles. The van der Waals surface area contributed by atoms with E-state index in [0.29, 0.717) is 0 Å². The highest BCUT2D eigenvalue weighted by molar-refractivity contribution is 5.30. The summed E-state index contributed by atoms with van der Waals surface area (Å²) in [6.07, 6.45) is 0. The van der Waals surface area contributed by atoms with Crippen LogP contribution in [0.5, 0.6) is 0 Å². The maximum absolute atomic E-state index is 13.6. The minimum atomic E-state index is -0.0765. The van der Waals surface area contributed by atoms with Crippen molar-refractivity contribution in [2.75, 3.05) is 0 Å². The second-order valence-electron chi connectivity index (χ2n) is 5.14. The molecule has 0 aliphatic rings. The third-order valence-electron chi connectivity index (χ3n) is 2.49. The first-order chi connectivity index (χ1) is 7.32. The van der Waals surface area contributed by atoms with Gasteiger partial charge in [-0.1, -0.05) is 60.6 Å². The molecule has 0 radical (unpaired) electrons. The lowest BCUT2D eigenvalue weighted by molar-refractivity contribution is 0.561. The number of hydrogen-bond donors (Lipinski definition) is 0. The van der Waals surface area contributed by atoms with Gasteiger partial charge in [0.15, 0.2) is 0 Å². The highest BCUT2D eigenvalue weighted by atomic mass is 19.1. The van der Waals surface area contributed by atoms with Crippen LogP contribution in [0, 0.1) is 5.82 Å². The average Bonchev–Trinajstić information content (AvgIpc) is 2.18. The zero-order valence-electron chi connectivity index (χ0n) is 11.7. The molecule has 1 aromatic rings. The predicted octanol–water partition coefficient (Wildman–Crippen LogP) is 5.27. The third-order valence-corrected chi connectivity index (χ3v) is 2.49. The van der Waals surface area contributed by atoms with Gasteiger partial charge in [-0.3, -0.25) is 0 Å². The SMILES string of the molecule is CC.CC(C)c1ccc(C(C)(C)C)cc1F. The summed E-state index contributed by atoms with van der Waals surface area (Å²) in [4.78, 5) is 0. The highest BCUT2D eigenvalue weighted by Gasteiger charge is 2.16. The van der Waals surface area contributed by atoms with E-state index in [2.05, 4.69) is 20.8 Å². The molecule has 92 valence electrons. The molecule has 0 unspecified atom stereocenters. The molecule has 0 bridgehead atoms. The van der Waals surface area contributed by atoms with Crippen molar-refractivity contribution in [2.24, 2.45) is 0 Å². The third kappa shape index (κ3) is 3.96. The van der Waals surface area contributed by atoms with Crippen molar-refractivity contribution >= 4 is 0 Å². The molecule has 0 fully saturated rings. The first-order valence-corrected chi connectivity index (χ1v) is 6.12. The van der Waals surface area contributed by atoms with Crippen molar-refractivity contribution < 1.29 is 4.39 Å². The lowest BCUT2D eigenvalue weighted by Gasteiger charge is -2.20. The van der Waals surface area contributed by atoms with Crippen LogP contribution in [0.4, 0.5) is 4.39 Å². The zero-order valence-corrected chi connectivity index (χ0v) is 11.7. The molecule has 1 heteroatoms. The number of benzene rings is 1. The second kappa shape index (κ2) is 6.03. The summed E-state index contributed by atoms with van der Waals surface area (Å²) in [7, 11) is 0. The van der Waals surface area contributed by atoms with Gasteiger partial charge in [-0.05, 0) is 28.5 Å². The van der Waals surface area contributed by atoms with Crippen LogP contribution in [0.2, 0.25) is 0 Å². The molecule has 0 atom stereocenters. The number of hydrogen-bond acceptors (Lipinski definition) is 0. The highest BCUT2D eigenvalue weighted by Crippen LogP contribution is 2.26. The van der Waals surface area contributed by atoms with E-state index in [0.717, 1.165) is 11.1 Å². The molecule has 16 heavy (non-hydrogen) atoms. The van der Waals surface area contributed by atoms with E-state index in [1.165, 1.54) is 0 Å². The van der Waals surface area contributed by atoms with Gasteiger partial charge >= 0.3 is 0 Å². The van der Waals surface area contributed by atoms with Crippen LogP contribution in [-0.2, 0) is 5.41 Å². The number of halogens is 1. The van der Waals surface area contributed by atoms with Gasteiger partial charge in [-0.2, -0.15) is 0 Å². The Balaban J connectivity index is 0.00000106. The molecule has 0 spiro atoms.